The minimum Gasteiger partial charge on any atom is -0.387 e. The van der Waals surface area contributed by atoms with Gasteiger partial charge in [0.05, 0.1) is 39.9 Å². The molecule has 0 saturated heterocycles. The summed E-state index contributed by atoms with van der Waals surface area (Å²) >= 11 is 0. The maximum Gasteiger partial charge on any atom is 0.472 e. The lowest BCUT2D eigenvalue weighted by atomic mass is 10.1. The number of amides is 1. The Bertz CT molecular complexity index is 1250. The van der Waals surface area contributed by atoms with Crippen molar-refractivity contribution in [3.63, 3.8) is 0 Å². The van der Waals surface area contributed by atoms with Crippen LogP contribution in [-0.2, 0) is 18.4 Å². The Labute approximate surface area is 369 Å². The summed E-state index contributed by atoms with van der Waals surface area (Å²) in [5.74, 6) is -0.209. The number of unbranched alkanes of at least 4 members (excludes halogenated alkanes) is 17. The van der Waals surface area contributed by atoms with Crippen LogP contribution in [-0.4, -0.2) is 73.4 Å². The van der Waals surface area contributed by atoms with Crippen LogP contribution in [0.15, 0.2) is 85.1 Å². The van der Waals surface area contributed by atoms with Gasteiger partial charge >= 0.3 is 7.82 Å². The predicted octanol–water partition coefficient (Wildman–Crippen LogP) is 13.7. The van der Waals surface area contributed by atoms with Crippen molar-refractivity contribution in [1.29, 1.82) is 0 Å². The largest absolute Gasteiger partial charge is 0.472 e. The summed E-state index contributed by atoms with van der Waals surface area (Å²) < 4.78 is 23.6. The second kappa shape index (κ2) is 42.0. The number of phosphoric ester groups is 1. The molecule has 0 heterocycles. The van der Waals surface area contributed by atoms with E-state index in [-0.39, 0.29) is 19.1 Å². The Hall–Kier alpha value is -2.32. The number of allylic oxidation sites excluding steroid dienone is 13. The van der Waals surface area contributed by atoms with E-state index in [0.29, 0.717) is 17.4 Å². The van der Waals surface area contributed by atoms with Gasteiger partial charge in [0, 0.05) is 6.42 Å². The monoisotopic (exact) mass is 860 g/mol. The van der Waals surface area contributed by atoms with Crippen molar-refractivity contribution in [3.05, 3.63) is 85.1 Å². The van der Waals surface area contributed by atoms with E-state index in [1.165, 1.54) is 77.0 Å². The van der Waals surface area contributed by atoms with Gasteiger partial charge in [-0.05, 0) is 83.5 Å². The number of carbonyl (C=O) groups excluding carboxylic acids is 1. The van der Waals surface area contributed by atoms with Gasteiger partial charge in [0.25, 0.3) is 0 Å². The van der Waals surface area contributed by atoms with E-state index in [1.807, 2.05) is 27.2 Å². The molecule has 3 N–H and O–H groups in total. The van der Waals surface area contributed by atoms with Crippen molar-refractivity contribution >= 4 is 13.7 Å². The Balaban J connectivity index is 4.50. The number of hydrogen-bond acceptors (Lipinski definition) is 5. The van der Waals surface area contributed by atoms with E-state index in [1.54, 1.807) is 6.08 Å². The molecule has 8 nitrogen and oxygen atoms in total. The quantitative estimate of drug-likeness (QED) is 0.0244. The Kier molecular flexibility index (Phi) is 40.4. The molecule has 9 heteroatoms. The van der Waals surface area contributed by atoms with Gasteiger partial charge in [0.2, 0.25) is 5.91 Å². The molecule has 0 spiro atoms. The first kappa shape index (κ1) is 57.7. The zero-order valence-corrected chi connectivity index (χ0v) is 40.1. The van der Waals surface area contributed by atoms with Crippen LogP contribution in [0.3, 0.4) is 0 Å². The Morgan fingerprint density at radius 3 is 1.53 bits per heavy atom. The van der Waals surface area contributed by atoms with Gasteiger partial charge in [-0.2, -0.15) is 0 Å². The van der Waals surface area contributed by atoms with E-state index >= 15 is 0 Å². The third-order valence-corrected chi connectivity index (χ3v) is 11.1. The zero-order chi connectivity index (χ0) is 44.3. The van der Waals surface area contributed by atoms with Crippen LogP contribution < -0.4 is 5.32 Å². The standard InChI is InChI=1S/C51H91N2O6P/c1-6-8-10-12-14-16-18-20-22-24-26-28-30-32-34-36-38-40-42-44-50(54)49(48-59-60(56,57)58-47-46-53(3,4)5)52-51(55)45-43-41-39-37-35-33-31-29-27-25-23-21-19-17-15-13-11-9-7-2/h9,11,15,17,21,23,26-29,34,36,42,44,49-50,54H,6-8,10,12-14,16,18-20,22,24-25,30-33,35,37-41,43,45-48H2,1-5H3,(H-,52,55,56,57)/p+1/b11-9-,17-15-,23-21-,28-26+,29-27-,36-34+,44-42+. The molecule has 0 bridgehead atoms. The van der Waals surface area contributed by atoms with Gasteiger partial charge in [-0.25, -0.2) is 4.57 Å². The summed E-state index contributed by atoms with van der Waals surface area (Å²) in [5.41, 5.74) is 0. The fourth-order valence-corrected chi connectivity index (χ4v) is 7.03. The molecule has 0 rings (SSSR count). The van der Waals surface area contributed by atoms with Crippen LogP contribution >= 0.6 is 7.82 Å². The first-order chi connectivity index (χ1) is 29.0. The lowest BCUT2D eigenvalue weighted by Crippen LogP contribution is -2.45. The van der Waals surface area contributed by atoms with Gasteiger partial charge in [0.15, 0.2) is 0 Å². The molecule has 0 aliphatic carbocycles. The number of nitrogens with one attached hydrogen (secondary N) is 1. The molecule has 0 aromatic rings. The molecule has 0 radical (unpaired) electrons. The normalized spacial score (nSPS) is 15.0. The minimum atomic E-state index is -4.36. The number of carbonyl (C=O) groups is 1. The molecular formula is C51H92N2O6P+. The number of phosphoric acid groups is 1. The van der Waals surface area contributed by atoms with Crippen molar-refractivity contribution in [2.24, 2.45) is 0 Å². The molecular weight excluding hydrogens is 768 g/mol. The Morgan fingerprint density at radius 2 is 1.02 bits per heavy atom. The average molecular weight is 860 g/mol. The number of nitrogens with zero attached hydrogens (tertiary/aromatic N) is 1. The van der Waals surface area contributed by atoms with E-state index < -0.39 is 20.0 Å². The van der Waals surface area contributed by atoms with Gasteiger partial charge in [-0.1, -0.05) is 176 Å². The highest BCUT2D eigenvalue weighted by atomic mass is 31.2. The highest BCUT2D eigenvalue weighted by molar-refractivity contribution is 7.47. The van der Waals surface area contributed by atoms with Gasteiger partial charge in [-0.3, -0.25) is 13.8 Å². The molecule has 3 atom stereocenters. The average Bonchev–Trinajstić information content (AvgIpc) is 3.20. The zero-order valence-electron chi connectivity index (χ0n) is 39.2. The number of aliphatic hydroxyl groups excluding tert-OH is 1. The second-order valence-electron chi connectivity index (χ2n) is 17.1. The number of hydrogen-bond donors (Lipinski definition) is 3. The van der Waals surface area contributed by atoms with Crippen molar-refractivity contribution in [1.82, 2.24) is 5.32 Å². The number of aliphatic hydroxyl groups is 1. The van der Waals surface area contributed by atoms with E-state index in [9.17, 15) is 19.4 Å². The van der Waals surface area contributed by atoms with Gasteiger partial charge in [-0.15, -0.1) is 0 Å². The van der Waals surface area contributed by atoms with Crippen LogP contribution in [0.1, 0.15) is 181 Å². The summed E-state index contributed by atoms with van der Waals surface area (Å²) in [6.45, 7) is 4.64. The summed E-state index contributed by atoms with van der Waals surface area (Å²) in [5, 5.41) is 13.8. The Morgan fingerprint density at radius 1 is 0.583 bits per heavy atom. The number of quaternary nitrogens is 1. The molecule has 0 aliphatic heterocycles. The molecule has 0 aromatic heterocycles. The summed E-state index contributed by atoms with van der Waals surface area (Å²) in [7, 11) is 1.52. The van der Waals surface area contributed by atoms with E-state index in [0.717, 1.165) is 83.5 Å². The molecule has 0 fully saturated rings. The third-order valence-electron chi connectivity index (χ3n) is 10.1. The van der Waals surface area contributed by atoms with Crippen LogP contribution in [0.5, 0.6) is 0 Å². The van der Waals surface area contributed by atoms with Crippen LogP contribution in [0.2, 0.25) is 0 Å². The molecule has 346 valence electrons. The van der Waals surface area contributed by atoms with E-state index in [2.05, 4.69) is 92.1 Å². The molecule has 0 aromatic carbocycles. The van der Waals surface area contributed by atoms with Crippen LogP contribution in [0.25, 0.3) is 0 Å². The molecule has 60 heavy (non-hydrogen) atoms. The summed E-state index contributed by atoms with van der Waals surface area (Å²) in [4.78, 5) is 23.2. The maximum atomic E-state index is 12.9. The first-order valence-corrected chi connectivity index (χ1v) is 25.5. The smallest absolute Gasteiger partial charge is 0.387 e. The summed E-state index contributed by atoms with van der Waals surface area (Å²) in [6.07, 6.45) is 58.0. The van der Waals surface area contributed by atoms with Crippen molar-refractivity contribution < 1.29 is 32.9 Å². The topological polar surface area (TPSA) is 105 Å². The van der Waals surface area contributed by atoms with Crippen molar-refractivity contribution in [2.75, 3.05) is 40.9 Å². The SMILES string of the molecule is CC/C=C\C/C=C\C/C=C\C/C=C\CCCCCCCCC(=O)NC(COP(=O)(O)OCC[N+](C)(C)C)C(O)/C=C/CC/C=C/CC/C=C/CCCCCCCCCCC. The fraction of sp³-hybridized carbons (Fsp3) is 0.706. The van der Waals surface area contributed by atoms with Gasteiger partial charge in [0.1, 0.15) is 13.2 Å². The molecule has 0 aliphatic rings. The lowest BCUT2D eigenvalue weighted by Gasteiger charge is -2.25. The third kappa shape index (κ3) is 43.8. The highest BCUT2D eigenvalue weighted by Gasteiger charge is 2.27. The molecule has 1 amide bonds. The highest BCUT2D eigenvalue weighted by Crippen LogP contribution is 2.43. The van der Waals surface area contributed by atoms with Gasteiger partial charge < -0.3 is 19.8 Å². The predicted molar refractivity (Wildman–Crippen MR) is 258 cm³/mol. The van der Waals surface area contributed by atoms with E-state index in [4.69, 9.17) is 9.05 Å². The second-order valence-corrected chi connectivity index (χ2v) is 18.5. The minimum absolute atomic E-state index is 0.0460. The molecule has 0 saturated carbocycles. The number of likely N-dealkylation sites (N-methyl/N-ethyl adjacent to an activating group) is 1. The van der Waals surface area contributed by atoms with Crippen molar-refractivity contribution in [3.8, 4) is 0 Å². The molecule has 3 unspecified atom stereocenters. The summed E-state index contributed by atoms with van der Waals surface area (Å²) in [6, 6.07) is -0.882. The first-order valence-electron chi connectivity index (χ1n) is 24.0. The van der Waals surface area contributed by atoms with Crippen LogP contribution in [0.4, 0.5) is 0 Å². The van der Waals surface area contributed by atoms with Crippen LogP contribution in [0, 0.1) is 0 Å². The lowest BCUT2D eigenvalue weighted by molar-refractivity contribution is -0.870. The fourth-order valence-electron chi connectivity index (χ4n) is 6.30. The van der Waals surface area contributed by atoms with Crippen molar-refractivity contribution in [2.45, 2.75) is 193 Å². The maximum absolute atomic E-state index is 12.9. The number of rotatable bonds is 42.